The SMILES string of the molecule is NC(=O)C(O)C1CCN(Cc2cc(Cl)ccc2F)CC1. The number of carbonyl (C=O) groups is 1. The van der Waals surface area contributed by atoms with Gasteiger partial charge < -0.3 is 10.8 Å². The smallest absolute Gasteiger partial charge is 0.246 e. The Kier molecular flexibility index (Phi) is 4.96. The Balaban J connectivity index is 1.91. The zero-order chi connectivity index (χ0) is 14.7. The van der Waals surface area contributed by atoms with E-state index in [2.05, 4.69) is 4.90 Å². The maximum atomic E-state index is 13.6. The fraction of sp³-hybridized carbons (Fsp3) is 0.500. The van der Waals surface area contributed by atoms with Crippen molar-refractivity contribution in [2.45, 2.75) is 25.5 Å². The number of benzene rings is 1. The molecule has 2 rings (SSSR count). The van der Waals surface area contributed by atoms with Crippen LogP contribution < -0.4 is 5.73 Å². The van der Waals surface area contributed by atoms with Gasteiger partial charge in [-0.25, -0.2) is 4.39 Å². The van der Waals surface area contributed by atoms with Crippen molar-refractivity contribution in [3.05, 3.63) is 34.6 Å². The van der Waals surface area contributed by atoms with Crippen molar-refractivity contribution in [3.63, 3.8) is 0 Å². The predicted molar refractivity (Wildman–Crippen MR) is 74.6 cm³/mol. The molecule has 110 valence electrons. The second kappa shape index (κ2) is 6.52. The normalized spacial score (nSPS) is 18.9. The monoisotopic (exact) mass is 300 g/mol. The number of primary amides is 1. The summed E-state index contributed by atoms with van der Waals surface area (Å²) in [6, 6.07) is 4.51. The third-order valence-corrected chi connectivity index (χ3v) is 4.01. The van der Waals surface area contributed by atoms with Crippen molar-refractivity contribution in [2.75, 3.05) is 13.1 Å². The lowest BCUT2D eigenvalue weighted by molar-refractivity contribution is -0.129. The molecule has 6 heteroatoms. The van der Waals surface area contributed by atoms with Crippen molar-refractivity contribution >= 4 is 17.5 Å². The predicted octanol–water partition coefficient (Wildman–Crippen LogP) is 1.54. The molecule has 0 aromatic heterocycles. The number of aliphatic hydroxyl groups is 1. The molecular weight excluding hydrogens is 283 g/mol. The summed E-state index contributed by atoms with van der Waals surface area (Å²) in [4.78, 5) is 13.0. The minimum Gasteiger partial charge on any atom is -0.383 e. The van der Waals surface area contributed by atoms with Gasteiger partial charge in [-0.3, -0.25) is 9.69 Å². The molecule has 0 spiro atoms. The van der Waals surface area contributed by atoms with Gasteiger partial charge in [-0.15, -0.1) is 0 Å². The lowest BCUT2D eigenvalue weighted by Gasteiger charge is -2.33. The Morgan fingerprint density at radius 2 is 2.15 bits per heavy atom. The van der Waals surface area contributed by atoms with Gasteiger partial charge in [0.1, 0.15) is 11.9 Å². The average molecular weight is 301 g/mol. The number of halogens is 2. The zero-order valence-electron chi connectivity index (χ0n) is 11.1. The van der Waals surface area contributed by atoms with Gasteiger partial charge in [0, 0.05) is 17.1 Å². The molecule has 1 unspecified atom stereocenters. The van der Waals surface area contributed by atoms with E-state index in [-0.39, 0.29) is 11.7 Å². The van der Waals surface area contributed by atoms with Crippen molar-refractivity contribution < 1.29 is 14.3 Å². The summed E-state index contributed by atoms with van der Waals surface area (Å²) in [7, 11) is 0. The number of amides is 1. The van der Waals surface area contributed by atoms with Gasteiger partial charge in [-0.05, 0) is 50.0 Å². The Morgan fingerprint density at radius 1 is 1.50 bits per heavy atom. The molecule has 0 bridgehead atoms. The topological polar surface area (TPSA) is 66.6 Å². The Bertz CT molecular complexity index is 490. The molecule has 1 aromatic carbocycles. The minimum absolute atomic E-state index is 0.104. The molecule has 4 nitrogen and oxygen atoms in total. The van der Waals surface area contributed by atoms with Gasteiger partial charge in [-0.1, -0.05) is 11.6 Å². The van der Waals surface area contributed by atoms with Crippen LogP contribution in [-0.4, -0.2) is 35.1 Å². The maximum absolute atomic E-state index is 13.6. The summed E-state index contributed by atoms with van der Waals surface area (Å²) in [5.74, 6) is -1.05. The molecule has 1 heterocycles. The maximum Gasteiger partial charge on any atom is 0.246 e. The van der Waals surface area contributed by atoms with Crippen molar-refractivity contribution in [1.29, 1.82) is 0 Å². The molecule has 1 aliphatic heterocycles. The van der Waals surface area contributed by atoms with Crippen LogP contribution in [0.2, 0.25) is 5.02 Å². The van der Waals surface area contributed by atoms with E-state index in [9.17, 15) is 14.3 Å². The fourth-order valence-electron chi connectivity index (χ4n) is 2.56. The lowest BCUT2D eigenvalue weighted by atomic mass is 9.90. The largest absolute Gasteiger partial charge is 0.383 e. The summed E-state index contributed by atoms with van der Waals surface area (Å²) < 4.78 is 13.6. The van der Waals surface area contributed by atoms with Crippen molar-refractivity contribution in [1.82, 2.24) is 4.90 Å². The third kappa shape index (κ3) is 3.69. The molecule has 1 saturated heterocycles. The molecule has 20 heavy (non-hydrogen) atoms. The highest BCUT2D eigenvalue weighted by Gasteiger charge is 2.28. The summed E-state index contributed by atoms with van der Waals surface area (Å²) in [5.41, 5.74) is 5.66. The average Bonchev–Trinajstić information content (AvgIpc) is 2.43. The number of nitrogens with two attached hydrogens (primary N) is 1. The molecule has 0 radical (unpaired) electrons. The van der Waals surface area contributed by atoms with Crippen LogP contribution in [0.5, 0.6) is 0 Å². The molecule has 1 amide bonds. The van der Waals surface area contributed by atoms with Crippen LogP contribution in [0.1, 0.15) is 18.4 Å². The second-order valence-corrected chi connectivity index (χ2v) is 5.63. The van der Waals surface area contributed by atoms with Gasteiger partial charge >= 0.3 is 0 Å². The van der Waals surface area contributed by atoms with Crippen LogP contribution in [0.15, 0.2) is 18.2 Å². The highest BCUT2D eigenvalue weighted by molar-refractivity contribution is 6.30. The van der Waals surface area contributed by atoms with Gasteiger partial charge in [0.2, 0.25) is 5.91 Å². The first-order valence-corrected chi connectivity index (χ1v) is 6.99. The number of carbonyl (C=O) groups excluding carboxylic acids is 1. The summed E-state index contributed by atoms with van der Waals surface area (Å²) in [5, 5.41) is 10.2. The van der Waals surface area contributed by atoms with Gasteiger partial charge in [0.05, 0.1) is 0 Å². The fourth-order valence-corrected chi connectivity index (χ4v) is 2.76. The van der Waals surface area contributed by atoms with Crippen LogP contribution in [0.3, 0.4) is 0 Å². The molecule has 3 N–H and O–H groups in total. The first kappa shape index (κ1) is 15.2. The molecule has 0 aliphatic carbocycles. The van der Waals surface area contributed by atoms with E-state index < -0.39 is 12.0 Å². The van der Waals surface area contributed by atoms with Gasteiger partial charge in [0.25, 0.3) is 0 Å². The van der Waals surface area contributed by atoms with E-state index in [4.69, 9.17) is 17.3 Å². The number of piperidine rings is 1. The molecule has 1 fully saturated rings. The van der Waals surface area contributed by atoms with Crippen molar-refractivity contribution in [3.8, 4) is 0 Å². The zero-order valence-corrected chi connectivity index (χ0v) is 11.8. The molecule has 0 saturated carbocycles. The second-order valence-electron chi connectivity index (χ2n) is 5.20. The van der Waals surface area contributed by atoms with Crippen LogP contribution in [0.25, 0.3) is 0 Å². The quantitative estimate of drug-likeness (QED) is 0.886. The highest BCUT2D eigenvalue weighted by atomic mass is 35.5. The van der Waals surface area contributed by atoms with E-state index in [0.29, 0.717) is 43.1 Å². The number of rotatable bonds is 4. The first-order chi connectivity index (χ1) is 9.47. The van der Waals surface area contributed by atoms with Crippen LogP contribution >= 0.6 is 11.6 Å². The van der Waals surface area contributed by atoms with Gasteiger partial charge in [-0.2, -0.15) is 0 Å². The number of hydrogen-bond donors (Lipinski definition) is 2. The Morgan fingerprint density at radius 3 is 2.75 bits per heavy atom. The summed E-state index contributed by atoms with van der Waals surface area (Å²) >= 11 is 5.86. The van der Waals surface area contributed by atoms with Gasteiger partial charge in [0.15, 0.2) is 0 Å². The highest BCUT2D eigenvalue weighted by Crippen LogP contribution is 2.23. The molecule has 1 aliphatic rings. The Hall–Kier alpha value is -1.17. The van der Waals surface area contributed by atoms with E-state index >= 15 is 0 Å². The van der Waals surface area contributed by atoms with E-state index in [1.807, 2.05) is 0 Å². The molecular formula is C14H18ClFN2O2. The number of hydrogen-bond acceptors (Lipinski definition) is 3. The molecule has 1 aromatic rings. The minimum atomic E-state index is -1.08. The number of likely N-dealkylation sites (tertiary alicyclic amines) is 1. The van der Waals surface area contributed by atoms with Crippen LogP contribution in [0, 0.1) is 11.7 Å². The van der Waals surface area contributed by atoms with Crippen molar-refractivity contribution in [2.24, 2.45) is 11.7 Å². The first-order valence-electron chi connectivity index (χ1n) is 6.61. The van der Waals surface area contributed by atoms with E-state index in [0.717, 1.165) is 0 Å². The summed E-state index contributed by atoms with van der Waals surface area (Å²) in [6.07, 6.45) is 0.263. The van der Waals surface area contributed by atoms with E-state index in [1.165, 1.54) is 12.1 Å². The lowest BCUT2D eigenvalue weighted by Crippen LogP contribution is -2.42. The Labute approximate surface area is 122 Å². The summed E-state index contributed by atoms with van der Waals surface area (Å²) in [6.45, 7) is 1.87. The number of aliphatic hydroxyl groups excluding tert-OH is 1. The standard InChI is InChI=1S/C14H18ClFN2O2/c15-11-1-2-12(16)10(7-11)8-18-5-3-9(4-6-18)13(19)14(17)20/h1-2,7,9,13,19H,3-6,8H2,(H2,17,20). The van der Waals surface area contributed by atoms with Crippen LogP contribution in [0.4, 0.5) is 4.39 Å². The number of nitrogens with zero attached hydrogens (tertiary/aromatic N) is 1. The third-order valence-electron chi connectivity index (χ3n) is 3.77. The van der Waals surface area contributed by atoms with Crippen LogP contribution in [-0.2, 0) is 11.3 Å². The molecule has 1 atom stereocenters. The van der Waals surface area contributed by atoms with E-state index in [1.54, 1.807) is 6.07 Å².